The zero-order chi connectivity index (χ0) is 15.9. The maximum absolute atomic E-state index is 11.8. The maximum Gasteiger partial charge on any atom is 0.313 e. The van der Waals surface area contributed by atoms with Crippen LogP contribution in [0.5, 0.6) is 0 Å². The van der Waals surface area contributed by atoms with E-state index in [9.17, 15) is 14.7 Å². The van der Waals surface area contributed by atoms with Gasteiger partial charge in [-0.05, 0) is 31.2 Å². The van der Waals surface area contributed by atoms with Gasteiger partial charge < -0.3 is 20.2 Å². The minimum absolute atomic E-state index is 0.248. The van der Waals surface area contributed by atoms with Crippen molar-refractivity contribution in [2.75, 3.05) is 5.32 Å². The van der Waals surface area contributed by atoms with Gasteiger partial charge in [-0.15, -0.1) is 0 Å². The summed E-state index contributed by atoms with van der Waals surface area (Å²) in [7, 11) is 0. The highest BCUT2D eigenvalue weighted by Gasteiger charge is 2.20. The van der Waals surface area contributed by atoms with Gasteiger partial charge in [-0.2, -0.15) is 0 Å². The van der Waals surface area contributed by atoms with E-state index < -0.39 is 17.9 Å². The number of carbonyl (C=O) groups excluding carboxylic acids is 2. The second-order valence-corrected chi connectivity index (χ2v) is 4.96. The maximum atomic E-state index is 11.8. The SMILES string of the molecule is CC(CC(O)c1ccco1)NC(=O)C(=O)Nc1ccccc1. The molecule has 0 aliphatic carbocycles. The Balaban J connectivity index is 1.82. The lowest BCUT2D eigenvalue weighted by molar-refractivity contribution is -0.136. The number of rotatable bonds is 5. The number of aliphatic hydroxyl groups is 1. The lowest BCUT2D eigenvalue weighted by Crippen LogP contribution is -2.41. The molecule has 2 amide bonds. The molecule has 0 saturated heterocycles. The van der Waals surface area contributed by atoms with Gasteiger partial charge in [0.15, 0.2) is 0 Å². The van der Waals surface area contributed by atoms with Gasteiger partial charge in [0, 0.05) is 18.2 Å². The third-order valence-electron chi connectivity index (χ3n) is 3.06. The minimum Gasteiger partial charge on any atom is -0.467 e. The first-order chi connectivity index (χ1) is 10.6. The molecule has 1 aromatic heterocycles. The van der Waals surface area contributed by atoms with Crippen LogP contribution in [0.25, 0.3) is 0 Å². The van der Waals surface area contributed by atoms with E-state index in [1.54, 1.807) is 43.3 Å². The zero-order valence-corrected chi connectivity index (χ0v) is 12.2. The van der Waals surface area contributed by atoms with Gasteiger partial charge in [-0.1, -0.05) is 18.2 Å². The van der Waals surface area contributed by atoms with E-state index in [-0.39, 0.29) is 12.5 Å². The fraction of sp³-hybridized carbons (Fsp3) is 0.250. The summed E-state index contributed by atoms with van der Waals surface area (Å²) in [5, 5.41) is 15.0. The van der Waals surface area contributed by atoms with E-state index in [1.165, 1.54) is 6.26 Å². The van der Waals surface area contributed by atoms with Crippen molar-refractivity contribution in [1.82, 2.24) is 5.32 Å². The van der Waals surface area contributed by atoms with E-state index in [2.05, 4.69) is 10.6 Å². The number of benzene rings is 1. The molecule has 2 rings (SSSR count). The third-order valence-corrected chi connectivity index (χ3v) is 3.06. The van der Waals surface area contributed by atoms with Crippen molar-refractivity contribution in [2.45, 2.75) is 25.5 Å². The predicted molar refractivity (Wildman–Crippen MR) is 81.0 cm³/mol. The van der Waals surface area contributed by atoms with E-state index in [0.29, 0.717) is 11.4 Å². The molecule has 116 valence electrons. The largest absolute Gasteiger partial charge is 0.467 e. The molecular formula is C16H18N2O4. The second-order valence-electron chi connectivity index (χ2n) is 4.96. The van der Waals surface area contributed by atoms with Crippen molar-refractivity contribution in [2.24, 2.45) is 0 Å². The number of nitrogens with one attached hydrogen (secondary N) is 2. The van der Waals surface area contributed by atoms with Crippen molar-refractivity contribution >= 4 is 17.5 Å². The van der Waals surface area contributed by atoms with Crippen molar-refractivity contribution in [3.63, 3.8) is 0 Å². The first kappa shape index (κ1) is 15.8. The molecule has 6 heteroatoms. The fourth-order valence-electron chi connectivity index (χ4n) is 1.99. The monoisotopic (exact) mass is 302 g/mol. The highest BCUT2D eigenvalue weighted by atomic mass is 16.4. The number of amides is 2. The normalized spacial score (nSPS) is 13.2. The highest BCUT2D eigenvalue weighted by Crippen LogP contribution is 2.18. The molecule has 0 fully saturated rings. The van der Waals surface area contributed by atoms with E-state index >= 15 is 0 Å². The minimum atomic E-state index is -0.831. The van der Waals surface area contributed by atoms with Crippen molar-refractivity contribution in [3.05, 3.63) is 54.5 Å². The number of anilines is 1. The van der Waals surface area contributed by atoms with E-state index in [0.717, 1.165) is 0 Å². The third kappa shape index (κ3) is 4.46. The molecule has 22 heavy (non-hydrogen) atoms. The summed E-state index contributed by atoms with van der Waals surface area (Å²) in [6.07, 6.45) is 0.884. The zero-order valence-electron chi connectivity index (χ0n) is 12.2. The van der Waals surface area contributed by atoms with Gasteiger partial charge in [0.1, 0.15) is 11.9 Å². The standard InChI is InChI=1S/C16H18N2O4/c1-11(10-13(19)14-8-5-9-22-14)17-15(20)16(21)18-12-6-3-2-4-7-12/h2-9,11,13,19H,10H2,1H3,(H,17,20)(H,18,21). The Morgan fingerprint density at radius 3 is 2.50 bits per heavy atom. The van der Waals surface area contributed by atoms with Crippen LogP contribution in [0.1, 0.15) is 25.2 Å². The molecule has 0 bridgehead atoms. The number of hydrogen-bond donors (Lipinski definition) is 3. The van der Waals surface area contributed by atoms with Crippen LogP contribution >= 0.6 is 0 Å². The molecule has 3 N–H and O–H groups in total. The quantitative estimate of drug-likeness (QED) is 0.735. The Kier molecular flexibility index (Phi) is 5.32. The molecule has 0 aliphatic heterocycles. The molecule has 0 saturated carbocycles. The summed E-state index contributed by atoms with van der Waals surface area (Å²) < 4.78 is 5.09. The summed E-state index contributed by atoms with van der Waals surface area (Å²) in [6, 6.07) is 11.7. The van der Waals surface area contributed by atoms with Gasteiger partial charge in [0.25, 0.3) is 0 Å². The lowest BCUT2D eigenvalue weighted by Gasteiger charge is -2.16. The molecule has 1 aromatic carbocycles. The van der Waals surface area contributed by atoms with Gasteiger partial charge in [0.05, 0.1) is 6.26 Å². The topological polar surface area (TPSA) is 91.6 Å². The van der Waals surface area contributed by atoms with Gasteiger partial charge in [-0.25, -0.2) is 0 Å². The van der Waals surface area contributed by atoms with Crippen LogP contribution in [0.3, 0.4) is 0 Å². The smallest absolute Gasteiger partial charge is 0.313 e. The summed E-state index contributed by atoms with van der Waals surface area (Å²) >= 11 is 0. The molecule has 2 unspecified atom stereocenters. The van der Waals surface area contributed by atoms with Crippen LogP contribution in [0.2, 0.25) is 0 Å². The van der Waals surface area contributed by atoms with Crippen molar-refractivity contribution in [3.8, 4) is 0 Å². The molecule has 0 radical (unpaired) electrons. The van der Waals surface area contributed by atoms with Crippen LogP contribution in [0.4, 0.5) is 5.69 Å². The molecule has 0 aliphatic rings. The predicted octanol–water partition coefficient (Wildman–Crippen LogP) is 1.85. The molecule has 0 spiro atoms. The first-order valence-corrected chi connectivity index (χ1v) is 6.94. The molecule has 6 nitrogen and oxygen atoms in total. The number of carbonyl (C=O) groups is 2. The number of furan rings is 1. The van der Waals surface area contributed by atoms with E-state index in [4.69, 9.17) is 4.42 Å². The van der Waals surface area contributed by atoms with Crippen molar-refractivity contribution in [1.29, 1.82) is 0 Å². The summed E-state index contributed by atoms with van der Waals surface area (Å²) in [5.74, 6) is -1.07. The Bertz CT molecular complexity index is 610. The van der Waals surface area contributed by atoms with Gasteiger partial charge in [0.2, 0.25) is 0 Å². The average Bonchev–Trinajstić information content (AvgIpc) is 3.02. The summed E-state index contributed by atoms with van der Waals surface area (Å²) in [5.41, 5.74) is 0.547. The Morgan fingerprint density at radius 2 is 1.86 bits per heavy atom. The Hall–Kier alpha value is -2.60. The summed E-state index contributed by atoms with van der Waals surface area (Å²) in [6.45, 7) is 1.71. The van der Waals surface area contributed by atoms with E-state index in [1.807, 2.05) is 6.07 Å². The summed E-state index contributed by atoms with van der Waals surface area (Å²) in [4.78, 5) is 23.6. The van der Waals surface area contributed by atoms with Gasteiger partial charge >= 0.3 is 11.8 Å². The van der Waals surface area contributed by atoms with Gasteiger partial charge in [-0.3, -0.25) is 9.59 Å². The highest BCUT2D eigenvalue weighted by molar-refractivity contribution is 6.39. The molecule has 1 heterocycles. The molecular weight excluding hydrogens is 284 g/mol. The second kappa shape index (κ2) is 7.42. The Labute approximate surface area is 128 Å². The molecule has 2 atom stereocenters. The van der Waals surface area contributed by atoms with Crippen LogP contribution in [0.15, 0.2) is 53.1 Å². The van der Waals surface area contributed by atoms with Crippen LogP contribution in [-0.2, 0) is 9.59 Å². The lowest BCUT2D eigenvalue weighted by atomic mass is 10.1. The van der Waals surface area contributed by atoms with Crippen LogP contribution < -0.4 is 10.6 Å². The van der Waals surface area contributed by atoms with Crippen LogP contribution in [-0.4, -0.2) is 23.0 Å². The van der Waals surface area contributed by atoms with Crippen LogP contribution in [0, 0.1) is 0 Å². The Morgan fingerprint density at radius 1 is 1.14 bits per heavy atom. The first-order valence-electron chi connectivity index (χ1n) is 6.94. The van der Waals surface area contributed by atoms with Crippen molar-refractivity contribution < 1.29 is 19.1 Å². The fourth-order valence-corrected chi connectivity index (χ4v) is 1.99. The average molecular weight is 302 g/mol. The number of hydrogen-bond acceptors (Lipinski definition) is 4. The molecule has 2 aromatic rings. The number of para-hydroxylation sites is 1. The number of aliphatic hydroxyl groups excluding tert-OH is 1.